The number of carbonyl (C=O) groups excluding carboxylic acids is 6. The van der Waals surface area contributed by atoms with Crippen molar-refractivity contribution in [2.45, 2.75) is 79.0 Å². The lowest BCUT2D eigenvalue weighted by Gasteiger charge is -2.27. The van der Waals surface area contributed by atoms with Crippen LogP contribution in [0.4, 0.5) is 11.9 Å². The number of halogens is 2. The first-order valence-electron chi connectivity index (χ1n) is 21.5. The van der Waals surface area contributed by atoms with Gasteiger partial charge in [-0.25, -0.2) is 34.9 Å². The second-order valence-corrected chi connectivity index (χ2v) is 25.1. The van der Waals surface area contributed by atoms with Gasteiger partial charge in [0, 0.05) is 66.7 Å². The Bertz CT molecular complexity index is 3620. The highest BCUT2D eigenvalue weighted by molar-refractivity contribution is 14.1. The second-order valence-electron chi connectivity index (χ2n) is 18.7. The summed E-state index contributed by atoms with van der Waals surface area (Å²) in [5.41, 5.74) is -1.66. The number of nitrogens with zero attached hydrogens (tertiary/aromatic N) is 8. The molecule has 0 bridgehead atoms. The number of hydrogen-bond donors (Lipinski definition) is 2. The van der Waals surface area contributed by atoms with Gasteiger partial charge in [-0.15, -0.1) is 0 Å². The van der Waals surface area contributed by atoms with E-state index in [9.17, 15) is 55.2 Å². The lowest BCUT2D eigenvalue weighted by Crippen LogP contribution is -2.46. The minimum absolute atomic E-state index is 0.0221. The Hall–Kier alpha value is -5.82. The van der Waals surface area contributed by atoms with E-state index in [1.54, 1.807) is 53.7 Å². The van der Waals surface area contributed by atoms with Crippen molar-refractivity contribution >= 4 is 135 Å². The maximum atomic E-state index is 13.7. The predicted octanol–water partition coefficient (Wildman–Crippen LogP) is 5.86. The summed E-state index contributed by atoms with van der Waals surface area (Å²) in [4.78, 5) is 115. The minimum atomic E-state index is -3.72. The molecule has 72 heavy (non-hydrogen) atoms. The van der Waals surface area contributed by atoms with Crippen LogP contribution in [-0.2, 0) is 34.4 Å². The molecule has 6 rings (SSSR count). The summed E-state index contributed by atoms with van der Waals surface area (Å²) in [6, 6.07) is 11.7. The fraction of sp³-hybridized carbons (Fsp3) is 0.348. The molecular weight excluding hydrogens is 1200 g/mol. The molecule has 0 aliphatic heterocycles. The molecule has 0 radical (unpaired) electrons. The molecule has 3 amide bonds. The summed E-state index contributed by atoms with van der Waals surface area (Å²) in [7, 11) is -1.66. The van der Waals surface area contributed by atoms with Crippen molar-refractivity contribution in [1.82, 2.24) is 37.3 Å². The summed E-state index contributed by atoms with van der Waals surface area (Å²) in [6.07, 6.45) is 0. The van der Waals surface area contributed by atoms with E-state index in [-0.39, 0.29) is 53.0 Å². The van der Waals surface area contributed by atoms with Crippen LogP contribution in [0.5, 0.6) is 0 Å². The van der Waals surface area contributed by atoms with Crippen molar-refractivity contribution < 1.29 is 45.6 Å². The Kier molecular flexibility index (Phi) is 16.3. The van der Waals surface area contributed by atoms with Crippen molar-refractivity contribution in [1.29, 1.82) is 0 Å². The van der Waals surface area contributed by atoms with Crippen LogP contribution in [0.25, 0.3) is 44.6 Å². The number of carbonyl (C=O) groups is 6. The van der Waals surface area contributed by atoms with Crippen LogP contribution < -0.4 is 21.3 Å². The molecule has 0 saturated carbocycles. The summed E-state index contributed by atoms with van der Waals surface area (Å²) in [5.74, 6) is -4.14. The van der Waals surface area contributed by atoms with Gasteiger partial charge in [-0.05, 0) is 80.6 Å². The van der Waals surface area contributed by atoms with Crippen molar-refractivity contribution in [3.63, 3.8) is 0 Å². The zero-order valence-electron chi connectivity index (χ0n) is 41.7. The van der Waals surface area contributed by atoms with Gasteiger partial charge in [0.05, 0.1) is 39.1 Å². The lowest BCUT2D eigenvalue weighted by atomic mass is 9.95. The van der Waals surface area contributed by atoms with E-state index in [2.05, 4.69) is 20.3 Å². The summed E-state index contributed by atoms with van der Waals surface area (Å²) in [6.45, 7) is 14.6. The SMILES string of the molecule is CC(=O)N(C(=O)C(C)(C)C)c1nc2c(c(I)c(-c3ccc(S(=O)(=O)N(C)C)cc3)n2C(C)=O)c(=O)n1C(C)=O.CC(=O)n1c(-c2ccc(S(=O)(=O)N(C)C)cc2)c(I)c2c(=O)[nH]c(NC(=O)C(C)(C)C)nc21. The number of amides is 3. The highest BCUT2D eigenvalue weighted by atomic mass is 127. The van der Waals surface area contributed by atoms with Crippen LogP contribution >= 0.6 is 45.2 Å². The fourth-order valence-electron chi connectivity index (χ4n) is 6.93. The maximum Gasteiger partial charge on any atom is 0.272 e. The first kappa shape index (κ1) is 57.1. The zero-order chi connectivity index (χ0) is 54.7. The van der Waals surface area contributed by atoms with Gasteiger partial charge in [0.1, 0.15) is 0 Å². The molecule has 0 spiro atoms. The van der Waals surface area contributed by atoms with Gasteiger partial charge < -0.3 is 0 Å². The average Bonchev–Trinajstić information content (AvgIpc) is 3.73. The Morgan fingerprint density at radius 1 is 0.597 bits per heavy atom. The first-order chi connectivity index (χ1) is 33.0. The van der Waals surface area contributed by atoms with Crippen LogP contribution in [0.2, 0.25) is 0 Å². The first-order valence-corrected chi connectivity index (χ1v) is 26.5. The third-order valence-electron chi connectivity index (χ3n) is 10.7. The summed E-state index contributed by atoms with van der Waals surface area (Å²) < 4.78 is 55.8. The van der Waals surface area contributed by atoms with Crippen molar-refractivity contribution in [2.24, 2.45) is 10.8 Å². The Balaban J connectivity index is 0.000000271. The van der Waals surface area contributed by atoms with Gasteiger partial charge in [-0.3, -0.25) is 57.8 Å². The molecule has 0 aliphatic rings. The molecule has 6 aromatic rings. The third-order valence-corrected chi connectivity index (χ3v) is 16.5. The molecule has 384 valence electrons. The van der Waals surface area contributed by atoms with Gasteiger partial charge in [-0.2, -0.15) is 9.97 Å². The van der Waals surface area contributed by atoms with E-state index < -0.39 is 77.5 Å². The van der Waals surface area contributed by atoms with Gasteiger partial charge in [0.2, 0.25) is 67.4 Å². The second kappa shape index (κ2) is 20.6. The number of H-pyrrole nitrogens is 1. The Morgan fingerprint density at radius 2 is 0.986 bits per heavy atom. The molecule has 0 fully saturated rings. The largest absolute Gasteiger partial charge is 0.296 e. The smallest absolute Gasteiger partial charge is 0.272 e. The maximum absolute atomic E-state index is 13.7. The number of rotatable bonds is 8. The zero-order valence-corrected chi connectivity index (χ0v) is 47.6. The van der Waals surface area contributed by atoms with Crippen LogP contribution in [0.3, 0.4) is 0 Å². The van der Waals surface area contributed by atoms with Gasteiger partial charge in [0.25, 0.3) is 11.1 Å². The lowest BCUT2D eigenvalue weighted by molar-refractivity contribution is -0.130. The summed E-state index contributed by atoms with van der Waals surface area (Å²) in [5, 5.41) is 2.70. The van der Waals surface area contributed by atoms with Crippen LogP contribution in [-0.4, -0.2) is 118 Å². The minimum Gasteiger partial charge on any atom is -0.296 e. The number of aromatic nitrogens is 6. The normalized spacial score (nSPS) is 12.2. The molecule has 2 aromatic carbocycles. The quantitative estimate of drug-likeness (QED) is 0.169. The highest BCUT2D eigenvalue weighted by Crippen LogP contribution is 2.36. The van der Waals surface area contributed by atoms with Crippen LogP contribution in [0, 0.1) is 18.0 Å². The highest BCUT2D eigenvalue weighted by Gasteiger charge is 2.37. The van der Waals surface area contributed by atoms with Crippen LogP contribution in [0.15, 0.2) is 67.9 Å². The average molecular weight is 1250 g/mol. The molecule has 0 aliphatic carbocycles. The number of aromatic amines is 1. The Labute approximate surface area is 441 Å². The summed E-state index contributed by atoms with van der Waals surface area (Å²) >= 11 is 3.82. The number of imide groups is 1. The van der Waals surface area contributed by atoms with Crippen molar-refractivity contribution in [3.05, 3.63) is 76.4 Å². The molecule has 0 unspecified atom stereocenters. The number of fused-ring (bicyclic) bond motifs is 2. The molecule has 0 saturated heterocycles. The number of nitrogens with one attached hydrogen (secondary N) is 2. The molecule has 2 N–H and O–H groups in total. The van der Waals surface area contributed by atoms with E-state index in [0.717, 1.165) is 27.0 Å². The van der Waals surface area contributed by atoms with Crippen molar-refractivity contribution in [3.8, 4) is 22.5 Å². The van der Waals surface area contributed by atoms with E-state index in [4.69, 9.17) is 0 Å². The number of hydrogen-bond acceptors (Lipinski definition) is 14. The third kappa shape index (κ3) is 10.8. The number of anilines is 2. The molecule has 0 atom stereocenters. The van der Waals surface area contributed by atoms with Gasteiger partial charge in [-0.1, -0.05) is 65.8 Å². The van der Waals surface area contributed by atoms with E-state index in [1.807, 2.05) is 45.2 Å². The van der Waals surface area contributed by atoms with Gasteiger partial charge >= 0.3 is 0 Å². The van der Waals surface area contributed by atoms with E-state index in [0.29, 0.717) is 29.9 Å². The van der Waals surface area contributed by atoms with Crippen LogP contribution in [0.1, 0.15) is 83.6 Å². The molecule has 4 aromatic heterocycles. The number of sulfonamides is 2. The van der Waals surface area contributed by atoms with E-state index in [1.165, 1.54) is 83.0 Å². The number of benzene rings is 2. The topological polar surface area (TPSA) is 283 Å². The van der Waals surface area contributed by atoms with E-state index >= 15 is 0 Å². The van der Waals surface area contributed by atoms with Gasteiger partial charge in [0.15, 0.2) is 11.3 Å². The predicted molar refractivity (Wildman–Crippen MR) is 287 cm³/mol. The van der Waals surface area contributed by atoms with Crippen molar-refractivity contribution in [2.75, 3.05) is 38.4 Å². The molecule has 4 heterocycles. The molecular formula is C46H52I2N10O12S2. The fourth-order valence-corrected chi connectivity index (χ4v) is 10.8. The standard InChI is InChI=1S/C25H28IN5O7S.C21H24IN5O5S/c1-13(32)29-20(16-9-11-17(12-10-16)39(37,38)28(7)8)19(26)18-21(29)27-24(30(14(2)33)22(18)35)31(15(3)34)23(36)25(4,5)6;1-11(28)27-16(12-7-9-13(10-8-12)33(31,32)26(5)6)15(22)14-17(27)23-20(24-18(14)29)25-19(30)21(2,3)4/h9-12H,1-8H3;7-10H,1-6H3,(H2,23,24,25,29,30). The molecule has 26 heteroatoms. The Morgan fingerprint density at radius 3 is 1.33 bits per heavy atom. The monoisotopic (exact) mass is 1250 g/mol. The molecule has 22 nitrogen and oxygen atoms in total.